The molecule has 7 nitrogen and oxygen atoms in total. The van der Waals surface area contributed by atoms with Crippen molar-refractivity contribution < 1.29 is 9.53 Å². The number of anilines is 2. The molecule has 0 aliphatic carbocycles. The molecule has 2 aliphatic heterocycles. The summed E-state index contributed by atoms with van der Waals surface area (Å²) in [5.74, 6) is 1.95. The third-order valence-electron chi connectivity index (χ3n) is 6.17. The van der Waals surface area contributed by atoms with Crippen LogP contribution >= 0.6 is 11.8 Å². The molecule has 0 unspecified atom stereocenters. The highest BCUT2D eigenvalue weighted by Crippen LogP contribution is 2.28. The number of nitrogens with one attached hydrogen (secondary N) is 1. The van der Waals surface area contributed by atoms with Crippen LogP contribution in [0.15, 0.2) is 23.4 Å². The van der Waals surface area contributed by atoms with Crippen molar-refractivity contribution in [3.8, 4) is 0 Å². The molecule has 1 atom stereocenters. The molecule has 0 bridgehead atoms. The molecule has 1 aromatic heterocycles. The van der Waals surface area contributed by atoms with Gasteiger partial charge in [-0.25, -0.2) is 0 Å². The first-order valence-electron chi connectivity index (χ1n) is 11.3. The van der Waals surface area contributed by atoms with Crippen LogP contribution in [0.1, 0.15) is 43.7 Å². The first kappa shape index (κ1) is 22.1. The molecule has 0 radical (unpaired) electrons. The molecule has 3 heterocycles. The number of benzene rings is 1. The number of carbonyl (C=O) groups excluding carboxylic acids is 1. The van der Waals surface area contributed by atoms with Crippen LogP contribution in [0.5, 0.6) is 0 Å². The second-order valence-electron chi connectivity index (χ2n) is 8.85. The van der Waals surface area contributed by atoms with Crippen LogP contribution in [-0.4, -0.2) is 52.2 Å². The van der Waals surface area contributed by atoms with Crippen LogP contribution in [0.25, 0.3) is 0 Å². The van der Waals surface area contributed by atoms with Crippen LogP contribution in [0.3, 0.4) is 0 Å². The lowest BCUT2D eigenvalue weighted by atomic mass is 10.00. The maximum absolute atomic E-state index is 12.6. The minimum Gasteiger partial charge on any atom is -0.376 e. The van der Waals surface area contributed by atoms with Crippen LogP contribution in [-0.2, 0) is 16.1 Å². The minimum atomic E-state index is -0.0290. The Morgan fingerprint density at radius 3 is 2.77 bits per heavy atom. The molecule has 2 aromatic rings. The second kappa shape index (κ2) is 10.0. The Labute approximate surface area is 188 Å². The second-order valence-corrected chi connectivity index (χ2v) is 9.80. The van der Waals surface area contributed by atoms with Crippen LogP contribution in [0.2, 0.25) is 0 Å². The fourth-order valence-electron chi connectivity index (χ4n) is 4.17. The smallest absolute Gasteiger partial charge is 0.234 e. The molecular formula is C23H33N5O2S. The van der Waals surface area contributed by atoms with E-state index < -0.39 is 0 Å². The van der Waals surface area contributed by atoms with Gasteiger partial charge in [0.2, 0.25) is 11.9 Å². The third-order valence-corrected chi connectivity index (χ3v) is 7.14. The van der Waals surface area contributed by atoms with Gasteiger partial charge in [0.25, 0.3) is 0 Å². The van der Waals surface area contributed by atoms with Crippen molar-refractivity contribution in [2.24, 2.45) is 5.92 Å². The number of aromatic nitrogens is 3. The summed E-state index contributed by atoms with van der Waals surface area (Å²) in [7, 11) is 0. The molecule has 168 valence electrons. The van der Waals surface area contributed by atoms with Crippen molar-refractivity contribution in [1.82, 2.24) is 14.8 Å². The lowest BCUT2D eigenvalue weighted by molar-refractivity contribution is -0.113. The zero-order valence-electron chi connectivity index (χ0n) is 18.8. The van der Waals surface area contributed by atoms with E-state index in [0.717, 1.165) is 72.9 Å². The van der Waals surface area contributed by atoms with Crippen LogP contribution in [0.4, 0.5) is 11.6 Å². The summed E-state index contributed by atoms with van der Waals surface area (Å²) < 4.78 is 8.05. The van der Waals surface area contributed by atoms with Gasteiger partial charge in [0.05, 0.1) is 18.4 Å². The highest BCUT2D eigenvalue weighted by molar-refractivity contribution is 7.99. The molecule has 1 amide bonds. The summed E-state index contributed by atoms with van der Waals surface area (Å²) in [6.45, 7) is 9.92. The number of piperidine rings is 1. The van der Waals surface area contributed by atoms with Crippen molar-refractivity contribution in [3.05, 3.63) is 29.3 Å². The van der Waals surface area contributed by atoms with Gasteiger partial charge in [0.1, 0.15) is 0 Å². The summed E-state index contributed by atoms with van der Waals surface area (Å²) in [4.78, 5) is 15.0. The van der Waals surface area contributed by atoms with Gasteiger partial charge in [0.15, 0.2) is 5.16 Å². The number of aryl methyl sites for hydroxylation is 2. The first-order chi connectivity index (χ1) is 15.0. The number of nitrogens with zero attached hydrogens (tertiary/aromatic N) is 4. The molecule has 0 spiro atoms. The largest absolute Gasteiger partial charge is 0.376 e. The molecule has 2 aliphatic rings. The van der Waals surface area contributed by atoms with Gasteiger partial charge in [-0.3, -0.25) is 9.36 Å². The Morgan fingerprint density at radius 2 is 2.03 bits per heavy atom. The van der Waals surface area contributed by atoms with Gasteiger partial charge in [-0.1, -0.05) is 30.8 Å². The highest BCUT2D eigenvalue weighted by atomic mass is 32.2. The van der Waals surface area contributed by atoms with Gasteiger partial charge in [-0.15, -0.1) is 10.2 Å². The summed E-state index contributed by atoms with van der Waals surface area (Å²) in [5, 5.41) is 12.8. The van der Waals surface area contributed by atoms with Crippen molar-refractivity contribution >= 4 is 29.3 Å². The Morgan fingerprint density at radius 1 is 1.23 bits per heavy atom. The normalized spacial score (nSPS) is 19.7. The van der Waals surface area contributed by atoms with E-state index in [2.05, 4.69) is 38.0 Å². The fourth-order valence-corrected chi connectivity index (χ4v) is 4.91. The standard InChI is InChI=1S/C23H33N5O2S/c1-16-8-10-27(11-9-16)22-25-26-23(28(22)14-19-5-4-12-30-19)31-15-21(29)24-20-13-17(2)6-7-18(20)3/h6-7,13,16,19H,4-5,8-12,14-15H2,1-3H3,(H,24,29)/t19-/m1/s1. The Balaban J connectivity index is 1.45. The van der Waals surface area contributed by atoms with E-state index in [1.54, 1.807) is 0 Å². The van der Waals surface area contributed by atoms with Crippen molar-refractivity contribution in [2.75, 3.05) is 35.7 Å². The maximum Gasteiger partial charge on any atom is 0.234 e. The number of amides is 1. The Kier molecular flexibility index (Phi) is 7.17. The first-order valence-corrected chi connectivity index (χ1v) is 12.3. The quantitative estimate of drug-likeness (QED) is 0.651. The number of rotatable bonds is 7. The number of carbonyl (C=O) groups is 1. The van der Waals surface area contributed by atoms with Gasteiger partial charge in [-0.05, 0) is 62.6 Å². The summed E-state index contributed by atoms with van der Waals surface area (Å²) in [5.41, 5.74) is 3.06. The van der Waals surface area contributed by atoms with Crippen molar-refractivity contribution in [3.63, 3.8) is 0 Å². The van der Waals surface area contributed by atoms with E-state index in [4.69, 9.17) is 4.74 Å². The molecule has 2 saturated heterocycles. The molecule has 1 aromatic carbocycles. The molecule has 4 rings (SSSR count). The number of ether oxygens (including phenoxy) is 1. The minimum absolute atomic E-state index is 0.0290. The molecule has 8 heteroatoms. The maximum atomic E-state index is 12.6. The van der Waals surface area contributed by atoms with E-state index in [0.29, 0.717) is 5.75 Å². The third kappa shape index (κ3) is 5.60. The van der Waals surface area contributed by atoms with Crippen LogP contribution < -0.4 is 10.2 Å². The summed E-state index contributed by atoms with van der Waals surface area (Å²) >= 11 is 1.45. The fraction of sp³-hybridized carbons (Fsp3) is 0.609. The molecule has 1 N–H and O–H groups in total. The van der Waals surface area contributed by atoms with Crippen molar-refractivity contribution in [1.29, 1.82) is 0 Å². The zero-order valence-corrected chi connectivity index (χ0v) is 19.6. The monoisotopic (exact) mass is 443 g/mol. The number of hydrogen-bond acceptors (Lipinski definition) is 6. The van der Waals surface area contributed by atoms with E-state index in [1.807, 2.05) is 26.0 Å². The number of hydrogen-bond donors (Lipinski definition) is 1. The van der Waals surface area contributed by atoms with Crippen LogP contribution in [0, 0.1) is 19.8 Å². The average Bonchev–Trinajstić information content (AvgIpc) is 3.40. The van der Waals surface area contributed by atoms with E-state index >= 15 is 0 Å². The Bertz CT molecular complexity index is 901. The van der Waals surface area contributed by atoms with Crippen molar-refractivity contribution in [2.45, 2.75) is 64.3 Å². The summed E-state index contributed by atoms with van der Waals surface area (Å²) in [6, 6.07) is 6.09. The van der Waals surface area contributed by atoms with E-state index in [1.165, 1.54) is 24.6 Å². The number of thioether (sulfide) groups is 1. The SMILES string of the molecule is Cc1ccc(C)c(NC(=O)CSc2nnc(N3CCC(C)CC3)n2C[C@H]2CCCO2)c1. The zero-order chi connectivity index (χ0) is 21.8. The molecule has 31 heavy (non-hydrogen) atoms. The van der Waals surface area contributed by atoms with Gasteiger partial charge in [0, 0.05) is 25.4 Å². The van der Waals surface area contributed by atoms with Gasteiger partial charge >= 0.3 is 0 Å². The molecular weight excluding hydrogens is 410 g/mol. The Hall–Kier alpha value is -2.06. The molecule has 0 saturated carbocycles. The average molecular weight is 444 g/mol. The van der Waals surface area contributed by atoms with Gasteiger partial charge in [-0.2, -0.15) is 0 Å². The predicted octanol–water partition coefficient (Wildman–Crippen LogP) is 4.04. The van der Waals surface area contributed by atoms with E-state index in [-0.39, 0.29) is 12.0 Å². The lowest BCUT2D eigenvalue weighted by Crippen LogP contribution is -2.35. The predicted molar refractivity (Wildman–Crippen MR) is 125 cm³/mol. The summed E-state index contributed by atoms with van der Waals surface area (Å²) in [6.07, 6.45) is 4.71. The van der Waals surface area contributed by atoms with Gasteiger partial charge < -0.3 is 15.0 Å². The lowest BCUT2D eigenvalue weighted by Gasteiger charge is -2.31. The van der Waals surface area contributed by atoms with E-state index in [9.17, 15) is 4.79 Å². The molecule has 2 fully saturated rings. The topological polar surface area (TPSA) is 72.3 Å². The highest BCUT2D eigenvalue weighted by Gasteiger charge is 2.26.